The van der Waals surface area contributed by atoms with Gasteiger partial charge in [-0.25, -0.2) is 47.7 Å². The highest BCUT2D eigenvalue weighted by Gasteiger charge is 2.36. The van der Waals surface area contributed by atoms with Crippen LogP contribution >= 0.6 is 11.8 Å². The lowest BCUT2D eigenvalue weighted by Gasteiger charge is -2.13. The second-order valence-corrected chi connectivity index (χ2v) is 12.5. The summed E-state index contributed by atoms with van der Waals surface area (Å²) in [6.07, 6.45) is 2.37. The third kappa shape index (κ3) is 5.38. The van der Waals surface area contributed by atoms with Gasteiger partial charge in [0.05, 0.1) is 76.7 Å². The van der Waals surface area contributed by atoms with Gasteiger partial charge < -0.3 is 0 Å². The minimum Gasteiger partial charge on any atom is -0.256 e. The van der Waals surface area contributed by atoms with E-state index in [2.05, 4.69) is 29.6 Å². The van der Waals surface area contributed by atoms with Gasteiger partial charge in [0.2, 0.25) is 0 Å². The lowest BCUT2D eigenvalue weighted by molar-refractivity contribution is -0.0330. The molecular formula is C36H13F7N8S. The smallest absolute Gasteiger partial charge is 0.256 e. The van der Waals surface area contributed by atoms with Gasteiger partial charge >= 0.3 is 5.51 Å². The number of aromatic nitrogens is 4. The van der Waals surface area contributed by atoms with Crippen molar-refractivity contribution in [3.63, 3.8) is 0 Å². The molecule has 0 radical (unpaired) electrons. The van der Waals surface area contributed by atoms with Crippen LogP contribution in [0.1, 0.15) is 28.1 Å². The van der Waals surface area contributed by atoms with Crippen LogP contribution in [0.15, 0.2) is 41.6 Å². The van der Waals surface area contributed by atoms with Gasteiger partial charge in [-0.3, -0.25) is 9.97 Å². The highest BCUT2D eigenvalue weighted by molar-refractivity contribution is 8.00. The molecule has 16 heteroatoms. The van der Waals surface area contributed by atoms with Gasteiger partial charge in [-0.15, -0.1) is 0 Å². The first kappa shape index (κ1) is 33.9. The minimum atomic E-state index is -4.96. The molecule has 5 aromatic rings. The van der Waals surface area contributed by atoms with Crippen LogP contribution in [0.25, 0.3) is 66.1 Å². The molecule has 0 saturated carbocycles. The third-order valence-electron chi connectivity index (χ3n) is 8.56. The highest BCUT2D eigenvalue weighted by Crippen LogP contribution is 2.42. The average Bonchev–Trinajstić information content (AvgIpc) is 3.67. The number of thioether (sulfide) groups is 1. The number of alkyl halides is 3. The van der Waals surface area contributed by atoms with Crippen LogP contribution in [0.4, 0.5) is 30.7 Å². The molecule has 0 fully saturated rings. The quantitative estimate of drug-likeness (QED) is 0.107. The summed E-state index contributed by atoms with van der Waals surface area (Å²) in [5.41, 5.74) is -4.83. The maximum atomic E-state index is 14.8. The Morgan fingerprint density at radius 1 is 0.731 bits per heavy atom. The van der Waals surface area contributed by atoms with Crippen LogP contribution < -0.4 is 10.4 Å². The Morgan fingerprint density at radius 3 is 1.56 bits per heavy atom. The van der Waals surface area contributed by atoms with Gasteiger partial charge in [0, 0.05) is 51.1 Å². The molecule has 252 valence electrons. The number of benzene rings is 3. The summed E-state index contributed by atoms with van der Waals surface area (Å²) >= 11 is -0.954. The fraction of sp³-hybridized carbons (Fsp3) is 0.111. The first-order valence-electron chi connectivity index (χ1n) is 14.7. The van der Waals surface area contributed by atoms with Crippen molar-refractivity contribution in [1.29, 1.82) is 10.5 Å². The molecule has 0 atom stereocenters. The van der Waals surface area contributed by atoms with E-state index in [-0.39, 0.29) is 85.3 Å². The van der Waals surface area contributed by atoms with E-state index in [1.807, 2.05) is 12.1 Å². The number of halogens is 7. The van der Waals surface area contributed by atoms with Gasteiger partial charge in [-0.2, -0.15) is 13.2 Å². The molecule has 0 saturated heterocycles. The molecule has 0 spiro atoms. The standard InChI is InChI=1S/C36H13F7N8S/c1-14-19(37)4-15(5-20(14)38)27-12-48-23-8-17-29(25(10-44)46-2)18-9-24-34(31(18)32(26(11-45)47-3)30(17)33(23)50-27)51-28(13-49-24)16-6-21(39)35(22(40)7-16)52-36(41,42)43/h4-7,12-13H,8-9H2,1H3/b29-25+,32-26+. The monoisotopic (exact) mass is 722 g/mol. The molecule has 0 amide bonds. The number of nitrogens with zero attached hydrogens (tertiary/aromatic N) is 8. The maximum absolute atomic E-state index is 14.8. The molecule has 3 aromatic carbocycles. The Labute approximate surface area is 292 Å². The number of hydrogen-bond donors (Lipinski definition) is 0. The molecule has 2 aliphatic carbocycles. The molecule has 2 heterocycles. The lowest BCUT2D eigenvalue weighted by Crippen LogP contribution is -2.26. The Balaban J connectivity index is 1.55. The molecule has 0 bridgehead atoms. The van der Waals surface area contributed by atoms with Crippen LogP contribution in [0.2, 0.25) is 0 Å². The van der Waals surface area contributed by atoms with Crippen LogP contribution in [-0.2, 0) is 12.8 Å². The predicted octanol–water partition coefficient (Wildman–Crippen LogP) is 7.32. The largest absolute Gasteiger partial charge is 0.446 e. The molecule has 0 unspecified atom stereocenters. The molecule has 2 aliphatic rings. The summed E-state index contributed by atoms with van der Waals surface area (Å²) < 4.78 is 97.6. The number of fused-ring (bicyclic) bond motifs is 6. The summed E-state index contributed by atoms with van der Waals surface area (Å²) in [6.45, 7) is 17.0. The Bertz CT molecular complexity index is 2690. The number of rotatable bonds is 3. The SMILES string of the molecule is [C-]#[N+]/C(C#N)=c1\c2c(/c(=C(/C#N)[N+]#[C-])c3c1Cc1ncc(-c4cc(F)c(SC(F)(F)F)c(F)c4)nc1-3)-c1nc(-c3cc(F)c(C)c(F)c3)cnc1C2. The topological polar surface area (TPSA) is 108 Å². The molecule has 0 aliphatic heterocycles. The van der Waals surface area contributed by atoms with Crippen LogP contribution in [0.3, 0.4) is 0 Å². The second-order valence-electron chi connectivity index (χ2n) is 11.4. The normalized spacial score (nSPS) is 13.5. The van der Waals surface area contributed by atoms with E-state index < -0.39 is 51.1 Å². The summed E-state index contributed by atoms with van der Waals surface area (Å²) in [5, 5.41) is 20.4. The Morgan fingerprint density at radius 2 is 1.15 bits per heavy atom. The van der Waals surface area contributed by atoms with Crippen molar-refractivity contribution in [3.05, 3.63) is 121 Å². The van der Waals surface area contributed by atoms with Crippen LogP contribution in [-0.4, -0.2) is 25.4 Å². The summed E-state index contributed by atoms with van der Waals surface area (Å²) in [4.78, 5) is 23.6. The lowest BCUT2D eigenvalue weighted by atomic mass is 9.92. The van der Waals surface area contributed by atoms with Crippen molar-refractivity contribution in [3.8, 4) is 57.2 Å². The van der Waals surface area contributed by atoms with E-state index in [4.69, 9.17) is 13.1 Å². The van der Waals surface area contributed by atoms with Crippen LogP contribution in [0.5, 0.6) is 0 Å². The zero-order valence-corrected chi connectivity index (χ0v) is 26.8. The molecule has 8 nitrogen and oxygen atoms in total. The van der Waals surface area contributed by atoms with Crippen molar-refractivity contribution in [2.75, 3.05) is 0 Å². The van der Waals surface area contributed by atoms with Crippen molar-refractivity contribution >= 4 is 23.2 Å². The van der Waals surface area contributed by atoms with Gasteiger partial charge in [0.1, 0.15) is 23.3 Å². The predicted molar refractivity (Wildman–Crippen MR) is 172 cm³/mol. The van der Waals surface area contributed by atoms with Gasteiger partial charge in [-0.1, -0.05) is 0 Å². The fourth-order valence-corrected chi connectivity index (χ4v) is 6.89. The van der Waals surface area contributed by atoms with Crippen LogP contribution in [0, 0.1) is 66.0 Å². The maximum Gasteiger partial charge on any atom is 0.446 e. The summed E-state index contributed by atoms with van der Waals surface area (Å²) in [7, 11) is 0. The van der Waals surface area contributed by atoms with E-state index >= 15 is 0 Å². The second kappa shape index (κ2) is 12.3. The molecule has 52 heavy (non-hydrogen) atoms. The van der Waals surface area contributed by atoms with E-state index in [0.29, 0.717) is 29.0 Å². The van der Waals surface area contributed by atoms with E-state index in [1.54, 1.807) is 0 Å². The fourth-order valence-electron chi connectivity index (χ4n) is 6.35. The summed E-state index contributed by atoms with van der Waals surface area (Å²) in [6, 6.07) is 7.21. The zero-order chi connectivity index (χ0) is 37.2. The van der Waals surface area contributed by atoms with E-state index in [9.17, 15) is 41.3 Å². The first-order chi connectivity index (χ1) is 24.8. The van der Waals surface area contributed by atoms with Crippen molar-refractivity contribution in [1.82, 2.24) is 19.9 Å². The van der Waals surface area contributed by atoms with Gasteiger partial charge in [0.25, 0.3) is 11.4 Å². The Kier molecular flexibility index (Phi) is 8.01. The Hall–Kier alpha value is -6.62. The first-order valence-corrected chi connectivity index (χ1v) is 15.5. The minimum absolute atomic E-state index is 0.00905. The van der Waals surface area contributed by atoms with Gasteiger partial charge in [0.15, 0.2) is 0 Å². The van der Waals surface area contributed by atoms with E-state index in [0.717, 1.165) is 18.3 Å². The molecule has 2 aromatic heterocycles. The highest BCUT2D eigenvalue weighted by atomic mass is 32.2. The molecule has 0 N–H and O–H groups in total. The van der Waals surface area contributed by atoms with E-state index in [1.165, 1.54) is 13.1 Å². The van der Waals surface area contributed by atoms with Crippen molar-refractivity contribution in [2.45, 2.75) is 30.2 Å². The van der Waals surface area contributed by atoms with Gasteiger partial charge in [-0.05, 0) is 54.1 Å². The number of hydrogen-bond acceptors (Lipinski definition) is 7. The van der Waals surface area contributed by atoms with Crippen molar-refractivity contribution in [2.24, 2.45) is 0 Å². The summed E-state index contributed by atoms with van der Waals surface area (Å²) in [5.74, 6) is -4.68. The molecular weight excluding hydrogens is 710 g/mol. The molecule has 7 rings (SSSR count). The van der Waals surface area contributed by atoms with Crippen molar-refractivity contribution < 1.29 is 30.7 Å². The number of nitriles is 2. The third-order valence-corrected chi connectivity index (χ3v) is 9.39. The average molecular weight is 723 g/mol. The zero-order valence-electron chi connectivity index (χ0n) is 26.0.